The van der Waals surface area contributed by atoms with Crippen LogP contribution in [0, 0.1) is 5.92 Å². The van der Waals surface area contributed by atoms with E-state index in [9.17, 15) is 5.11 Å². The third kappa shape index (κ3) is 3.82. The Morgan fingerprint density at radius 1 is 1.19 bits per heavy atom. The first-order chi connectivity index (χ1) is 10.2. The first kappa shape index (κ1) is 15.5. The van der Waals surface area contributed by atoms with E-state index in [-0.39, 0.29) is 12.6 Å². The predicted molar refractivity (Wildman–Crippen MR) is 87.7 cm³/mol. The van der Waals surface area contributed by atoms with Crippen LogP contribution >= 0.6 is 0 Å². The van der Waals surface area contributed by atoms with Crippen LogP contribution in [0.5, 0.6) is 0 Å². The molecule has 0 aliphatic heterocycles. The van der Waals surface area contributed by atoms with Crippen LogP contribution in [-0.4, -0.2) is 34.3 Å². The van der Waals surface area contributed by atoms with E-state index in [1.807, 2.05) is 24.3 Å². The summed E-state index contributed by atoms with van der Waals surface area (Å²) in [5.41, 5.74) is 0.897. The van der Waals surface area contributed by atoms with Gasteiger partial charge in [0, 0.05) is 11.9 Å². The quantitative estimate of drug-likeness (QED) is 0.731. The number of anilines is 2. The SMILES string of the molecule is CCCNc1nc(N[C@H](CO)C(C)C)c2ccccc2n1. The van der Waals surface area contributed by atoms with E-state index in [0.29, 0.717) is 11.9 Å². The Labute approximate surface area is 125 Å². The Bertz CT molecular complexity index is 585. The highest BCUT2D eigenvalue weighted by molar-refractivity contribution is 5.90. The number of benzene rings is 1. The predicted octanol–water partition coefficient (Wildman–Crippen LogP) is 2.88. The van der Waals surface area contributed by atoms with Crippen molar-refractivity contribution in [1.82, 2.24) is 9.97 Å². The molecular weight excluding hydrogens is 264 g/mol. The van der Waals surface area contributed by atoms with Crippen molar-refractivity contribution in [3.63, 3.8) is 0 Å². The Kier molecular flexibility index (Phi) is 5.33. The number of aromatic nitrogens is 2. The molecule has 0 saturated carbocycles. The summed E-state index contributed by atoms with van der Waals surface area (Å²) in [7, 11) is 0. The lowest BCUT2D eigenvalue weighted by Crippen LogP contribution is -2.30. The van der Waals surface area contributed by atoms with Gasteiger partial charge in [0.1, 0.15) is 5.82 Å². The molecule has 0 saturated heterocycles. The van der Waals surface area contributed by atoms with Crippen molar-refractivity contribution in [2.45, 2.75) is 33.2 Å². The van der Waals surface area contributed by atoms with Gasteiger partial charge in [0.05, 0.1) is 18.2 Å². The van der Waals surface area contributed by atoms with Gasteiger partial charge in [-0.3, -0.25) is 0 Å². The van der Waals surface area contributed by atoms with Gasteiger partial charge in [-0.25, -0.2) is 4.98 Å². The summed E-state index contributed by atoms with van der Waals surface area (Å²) in [4.78, 5) is 9.09. The highest BCUT2D eigenvalue weighted by atomic mass is 16.3. The lowest BCUT2D eigenvalue weighted by atomic mass is 10.1. The van der Waals surface area contributed by atoms with E-state index in [0.717, 1.165) is 29.7 Å². The minimum atomic E-state index is -0.0256. The van der Waals surface area contributed by atoms with E-state index in [2.05, 4.69) is 41.4 Å². The molecule has 1 atom stereocenters. The molecule has 0 bridgehead atoms. The average molecular weight is 288 g/mol. The Balaban J connectivity index is 2.38. The number of rotatable bonds is 7. The highest BCUT2D eigenvalue weighted by Gasteiger charge is 2.15. The van der Waals surface area contributed by atoms with Crippen molar-refractivity contribution in [3.05, 3.63) is 24.3 Å². The van der Waals surface area contributed by atoms with Crippen molar-refractivity contribution < 1.29 is 5.11 Å². The fourth-order valence-electron chi connectivity index (χ4n) is 2.10. The Morgan fingerprint density at radius 3 is 2.62 bits per heavy atom. The van der Waals surface area contributed by atoms with E-state index in [4.69, 9.17) is 0 Å². The van der Waals surface area contributed by atoms with Gasteiger partial charge < -0.3 is 15.7 Å². The molecule has 0 amide bonds. The normalized spacial score (nSPS) is 12.6. The second kappa shape index (κ2) is 7.22. The summed E-state index contributed by atoms with van der Waals surface area (Å²) in [5, 5.41) is 17.1. The largest absolute Gasteiger partial charge is 0.394 e. The summed E-state index contributed by atoms with van der Waals surface area (Å²) >= 11 is 0. The molecule has 5 nitrogen and oxygen atoms in total. The molecule has 0 fully saturated rings. The first-order valence-electron chi connectivity index (χ1n) is 7.53. The van der Waals surface area contributed by atoms with Gasteiger partial charge in [-0.15, -0.1) is 0 Å². The second-order valence-corrected chi connectivity index (χ2v) is 5.52. The van der Waals surface area contributed by atoms with Crippen molar-refractivity contribution in [1.29, 1.82) is 0 Å². The minimum absolute atomic E-state index is 0.0256. The molecule has 0 radical (unpaired) electrons. The molecule has 0 aliphatic carbocycles. The van der Waals surface area contributed by atoms with Crippen LogP contribution in [-0.2, 0) is 0 Å². The molecular formula is C16H24N4O. The van der Waals surface area contributed by atoms with Crippen LogP contribution in [0.3, 0.4) is 0 Å². The van der Waals surface area contributed by atoms with Crippen LogP contribution in [0.4, 0.5) is 11.8 Å². The van der Waals surface area contributed by atoms with Crippen LogP contribution in [0.25, 0.3) is 10.9 Å². The van der Waals surface area contributed by atoms with Gasteiger partial charge in [0.25, 0.3) is 0 Å². The zero-order valence-electron chi connectivity index (χ0n) is 12.9. The maximum Gasteiger partial charge on any atom is 0.225 e. The molecule has 2 aromatic rings. The number of hydrogen-bond acceptors (Lipinski definition) is 5. The van der Waals surface area contributed by atoms with Crippen LogP contribution in [0.15, 0.2) is 24.3 Å². The van der Waals surface area contributed by atoms with E-state index >= 15 is 0 Å². The molecule has 0 aliphatic rings. The number of nitrogens with zero attached hydrogens (tertiary/aromatic N) is 2. The van der Waals surface area contributed by atoms with Crippen LogP contribution in [0.1, 0.15) is 27.2 Å². The van der Waals surface area contributed by atoms with E-state index < -0.39 is 0 Å². The number of nitrogens with one attached hydrogen (secondary N) is 2. The van der Waals surface area contributed by atoms with Crippen LogP contribution < -0.4 is 10.6 Å². The maximum absolute atomic E-state index is 9.52. The number of hydrogen-bond donors (Lipinski definition) is 3. The molecule has 2 rings (SSSR count). The molecule has 5 heteroatoms. The number of fused-ring (bicyclic) bond motifs is 1. The third-order valence-electron chi connectivity index (χ3n) is 3.46. The van der Waals surface area contributed by atoms with Gasteiger partial charge in [0.2, 0.25) is 5.95 Å². The van der Waals surface area contributed by atoms with E-state index in [1.54, 1.807) is 0 Å². The number of aliphatic hydroxyl groups excluding tert-OH is 1. The molecule has 0 spiro atoms. The van der Waals surface area contributed by atoms with E-state index in [1.165, 1.54) is 0 Å². The summed E-state index contributed by atoms with van der Waals surface area (Å²) in [6.07, 6.45) is 1.02. The summed E-state index contributed by atoms with van der Waals surface area (Å²) in [5.74, 6) is 1.71. The zero-order valence-corrected chi connectivity index (χ0v) is 12.9. The molecule has 0 unspecified atom stereocenters. The molecule has 21 heavy (non-hydrogen) atoms. The fourth-order valence-corrected chi connectivity index (χ4v) is 2.10. The smallest absolute Gasteiger partial charge is 0.225 e. The van der Waals surface area contributed by atoms with Crippen LogP contribution in [0.2, 0.25) is 0 Å². The van der Waals surface area contributed by atoms with Crippen molar-refractivity contribution in [2.75, 3.05) is 23.8 Å². The minimum Gasteiger partial charge on any atom is -0.394 e. The lowest BCUT2D eigenvalue weighted by Gasteiger charge is -2.21. The molecule has 1 aromatic heterocycles. The number of aliphatic hydroxyl groups is 1. The van der Waals surface area contributed by atoms with Crippen molar-refractivity contribution in [3.8, 4) is 0 Å². The third-order valence-corrected chi connectivity index (χ3v) is 3.46. The van der Waals surface area contributed by atoms with Gasteiger partial charge >= 0.3 is 0 Å². The lowest BCUT2D eigenvalue weighted by molar-refractivity contribution is 0.249. The monoisotopic (exact) mass is 288 g/mol. The summed E-state index contributed by atoms with van der Waals surface area (Å²) < 4.78 is 0. The Hall–Kier alpha value is -1.88. The topological polar surface area (TPSA) is 70.1 Å². The first-order valence-corrected chi connectivity index (χ1v) is 7.53. The molecule has 3 N–H and O–H groups in total. The van der Waals surface area contributed by atoms with Gasteiger partial charge in [0.15, 0.2) is 0 Å². The summed E-state index contributed by atoms with van der Waals surface area (Å²) in [6, 6.07) is 7.88. The molecule has 1 aromatic carbocycles. The standard InChI is InChI=1S/C16H24N4O/c1-4-9-17-16-19-13-8-6-5-7-12(13)15(20-16)18-14(10-21)11(2)3/h5-8,11,14,21H,4,9-10H2,1-3H3,(H2,17,18,19,20)/t14-/m1/s1. The number of para-hydroxylation sites is 1. The maximum atomic E-state index is 9.52. The highest BCUT2D eigenvalue weighted by Crippen LogP contribution is 2.23. The molecule has 114 valence electrons. The van der Waals surface area contributed by atoms with Gasteiger partial charge in [-0.2, -0.15) is 4.98 Å². The second-order valence-electron chi connectivity index (χ2n) is 5.52. The van der Waals surface area contributed by atoms with Gasteiger partial charge in [-0.05, 0) is 24.5 Å². The van der Waals surface area contributed by atoms with Gasteiger partial charge in [-0.1, -0.05) is 32.9 Å². The average Bonchev–Trinajstić information content (AvgIpc) is 2.50. The molecule has 1 heterocycles. The fraction of sp³-hybridized carbons (Fsp3) is 0.500. The van der Waals surface area contributed by atoms with Crippen molar-refractivity contribution in [2.24, 2.45) is 5.92 Å². The van der Waals surface area contributed by atoms with Crippen molar-refractivity contribution >= 4 is 22.7 Å². The zero-order chi connectivity index (χ0) is 15.2. The summed E-state index contributed by atoms with van der Waals surface area (Å²) in [6.45, 7) is 7.17. The Morgan fingerprint density at radius 2 is 1.95 bits per heavy atom.